The predicted molar refractivity (Wildman–Crippen MR) is 59.1 cm³/mol. The van der Waals surface area contributed by atoms with Gasteiger partial charge in [0.2, 0.25) is 0 Å². The van der Waals surface area contributed by atoms with Gasteiger partial charge in [-0.1, -0.05) is 30.4 Å². The number of aliphatic hydroxyl groups is 1. The van der Waals surface area contributed by atoms with Crippen LogP contribution in [0.15, 0.2) is 35.4 Å². The predicted octanol–water partition coefficient (Wildman–Crippen LogP) is 0.467. The Morgan fingerprint density at radius 2 is 2.00 bits per heavy atom. The van der Waals surface area contributed by atoms with E-state index >= 15 is 0 Å². The third kappa shape index (κ3) is 1.36. The van der Waals surface area contributed by atoms with Crippen LogP contribution in [0.1, 0.15) is 0 Å². The highest BCUT2D eigenvalue weighted by atomic mass is 32.1. The molecule has 4 nitrogen and oxygen atoms in total. The lowest BCUT2D eigenvalue weighted by Crippen LogP contribution is -2.33. The quantitative estimate of drug-likeness (QED) is 0.657. The third-order valence-corrected chi connectivity index (χ3v) is 2.37. The molecule has 0 aromatic heterocycles. The van der Waals surface area contributed by atoms with Crippen molar-refractivity contribution in [3.8, 4) is 0 Å². The summed E-state index contributed by atoms with van der Waals surface area (Å²) in [6.45, 7) is 0. The highest BCUT2D eigenvalue weighted by Gasteiger charge is 2.29. The van der Waals surface area contributed by atoms with Crippen molar-refractivity contribution in [2.24, 2.45) is 10.8 Å². The smallest absolute Gasteiger partial charge is 0.187 e. The van der Waals surface area contributed by atoms with Gasteiger partial charge in [-0.2, -0.15) is 5.10 Å². The Labute approximate surface area is 86.6 Å². The molecule has 1 heterocycles. The topological polar surface area (TPSA) is 61.8 Å². The molecule has 72 valence electrons. The molecule has 3 N–H and O–H groups in total. The molecule has 1 aliphatic heterocycles. The van der Waals surface area contributed by atoms with Crippen LogP contribution >= 0.6 is 12.2 Å². The van der Waals surface area contributed by atoms with E-state index in [0.29, 0.717) is 0 Å². The maximum atomic E-state index is 9.67. The van der Waals surface area contributed by atoms with Gasteiger partial charge in [-0.3, -0.25) is 0 Å². The van der Waals surface area contributed by atoms with E-state index in [1.807, 2.05) is 30.3 Å². The minimum Gasteiger partial charge on any atom is -0.381 e. The molecular formula is C9H9N3OS. The highest BCUT2D eigenvalue weighted by molar-refractivity contribution is 7.82. The van der Waals surface area contributed by atoms with Crippen LogP contribution in [0.25, 0.3) is 0 Å². The monoisotopic (exact) mass is 207 g/mol. The van der Waals surface area contributed by atoms with Gasteiger partial charge in [-0.15, -0.1) is 0 Å². The number of nitrogens with zero attached hydrogens (tertiary/aromatic N) is 2. The first-order valence-corrected chi connectivity index (χ1v) is 4.51. The number of rotatable bonds is 1. The number of benzene rings is 1. The summed E-state index contributed by atoms with van der Waals surface area (Å²) < 4.78 is 0. The molecule has 1 atom stereocenters. The largest absolute Gasteiger partial charge is 0.381 e. The number of hydrogen-bond acceptors (Lipinski definition) is 5. The van der Waals surface area contributed by atoms with E-state index in [0.717, 1.165) is 5.69 Å². The van der Waals surface area contributed by atoms with Crippen molar-refractivity contribution >= 4 is 28.6 Å². The molecule has 1 aromatic rings. The molecule has 0 radical (unpaired) electrons. The van der Waals surface area contributed by atoms with Crippen LogP contribution in [0.4, 0.5) is 5.69 Å². The van der Waals surface area contributed by atoms with Gasteiger partial charge in [-0.05, 0) is 12.1 Å². The molecule has 14 heavy (non-hydrogen) atoms. The Hall–Kier alpha value is -1.46. The molecule has 1 aliphatic rings. The summed E-state index contributed by atoms with van der Waals surface area (Å²) in [4.78, 5) is 0.272. The minimum atomic E-state index is -0.924. The van der Waals surface area contributed by atoms with Gasteiger partial charge >= 0.3 is 0 Å². The van der Waals surface area contributed by atoms with Crippen LogP contribution in [0.2, 0.25) is 0 Å². The summed E-state index contributed by atoms with van der Waals surface area (Å²) in [7, 11) is 0. The van der Waals surface area contributed by atoms with Crippen molar-refractivity contribution in [3.05, 3.63) is 30.3 Å². The van der Waals surface area contributed by atoms with Crippen molar-refractivity contribution in [1.29, 1.82) is 0 Å². The second-order valence-corrected chi connectivity index (χ2v) is 3.34. The molecular weight excluding hydrogens is 198 g/mol. The average Bonchev–Trinajstić information content (AvgIpc) is 2.47. The second kappa shape index (κ2) is 3.36. The van der Waals surface area contributed by atoms with Gasteiger partial charge in [0.15, 0.2) is 12.1 Å². The summed E-state index contributed by atoms with van der Waals surface area (Å²) in [6.07, 6.45) is -0.924. The molecule has 0 bridgehead atoms. The zero-order valence-corrected chi connectivity index (χ0v) is 8.11. The van der Waals surface area contributed by atoms with E-state index in [4.69, 9.17) is 18.0 Å². The van der Waals surface area contributed by atoms with E-state index < -0.39 is 6.23 Å². The summed E-state index contributed by atoms with van der Waals surface area (Å²) in [5.41, 5.74) is 6.27. The zero-order valence-electron chi connectivity index (χ0n) is 7.29. The van der Waals surface area contributed by atoms with E-state index in [9.17, 15) is 5.11 Å². The van der Waals surface area contributed by atoms with Crippen molar-refractivity contribution in [2.45, 2.75) is 6.23 Å². The number of thiocarbonyl (C=S) groups is 1. The number of nitrogens with two attached hydrogens (primary N) is 1. The maximum absolute atomic E-state index is 9.67. The molecule has 5 heteroatoms. The van der Waals surface area contributed by atoms with Gasteiger partial charge in [0.1, 0.15) is 4.86 Å². The lowest BCUT2D eigenvalue weighted by atomic mass is 10.3. The van der Waals surface area contributed by atoms with Crippen LogP contribution in [0, 0.1) is 0 Å². The summed E-state index contributed by atoms with van der Waals surface area (Å²) >= 11 is 4.89. The molecule has 0 amide bonds. The highest BCUT2D eigenvalue weighted by Crippen LogP contribution is 2.20. The standard InChI is InChI=1S/C9H9N3OS/c10-8-7(14)9(13)12(11-8)6-4-2-1-3-5-6/h1-5,9,13H,(H2,10,11). The number of aliphatic hydroxyl groups excluding tert-OH is 1. The number of hydrazone groups is 1. The first-order chi connectivity index (χ1) is 6.70. The molecule has 0 fully saturated rings. The number of anilines is 1. The number of hydrogen-bond donors (Lipinski definition) is 2. The normalized spacial score (nSPS) is 21.2. The van der Waals surface area contributed by atoms with Gasteiger partial charge in [-0.25, -0.2) is 5.01 Å². The van der Waals surface area contributed by atoms with Gasteiger partial charge in [0, 0.05) is 0 Å². The number of amidine groups is 1. The van der Waals surface area contributed by atoms with E-state index in [-0.39, 0.29) is 10.7 Å². The fourth-order valence-electron chi connectivity index (χ4n) is 1.24. The van der Waals surface area contributed by atoms with Crippen LogP contribution in [-0.2, 0) is 0 Å². The maximum Gasteiger partial charge on any atom is 0.187 e. The Kier molecular flexibility index (Phi) is 2.18. The van der Waals surface area contributed by atoms with Gasteiger partial charge in [0.05, 0.1) is 5.69 Å². The van der Waals surface area contributed by atoms with Crippen molar-refractivity contribution < 1.29 is 5.11 Å². The Bertz CT molecular complexity index is 390. The Morgan fingerprint density at radius 3 is 2.50 bits per heavy atom. The van der Waals surface area contributed by atoms with Crippen molar-refractivity contribution in [1.82, 2.24) is 0 Å². The van der Waals surface area contributed by atoms with Crippen LogP contribution in [0.5, 0.6) is 0 Å². The molecule has 0 spiro atoms. The molecule has 1 unspecified atom stereocenters. The lowest BCUT2D eigenvalue weighted by Gasteiger charge is -2.17. The molecule has 1 aromatic carbocycles. The lowest BCUT2D eigenvalue weighted by molar-refractivity contribution is 0.244. The van der Waals surface area contributed by atoms with Gasteiger partial charge in [0.25, 0.3) is 0 Å². The molecule has 0 saturated heterocycles. The van der Waals surface area contributed by atoms with Crippen LogP contribution in [0.3, 0.4) is 0 Å². The van der Waals surface area contributed by atoms with Crippen molar-refractivity contribution in [3.63, 3.8) is 0 Å². The van der Waals surface area contributed by atoms with Crippen molar-refractivity contribution in [2.75, 3.05) is 5.01 Å². The van der Waals surface area contributed by atoms with Crippen LogP contribution in [-0.4, -0.2) is 22.0 Å². The van der Waals surface area contributed by atoms with Crippen LogP contribution < -0.4 is 10.7 Å². The fraction of sp³-hybridized carbons (Fsp3) is 0.111. The summed E-state index contributed by atoms with van der Waals surface area (Å²) in [5, 5.41) is 15.0. The minimum absolute atomic E-state index is 0.205. The molecule has 2 rings (SSSR count). The van der Waals surface area contributed by atoms with E-state index in [1.165, 1.54) is 5.01 Å². The zero-order chi connectivity index (χ0) is 10.1. The number of para-hydroxylation sites is 1. The van der Waals surface area contributed by atoms with E-state index in [2.05, 4.69) is 5.10 Å². The Balaban J connectivity index is 2.34. The SMILES string of the molecule is NC1=NN(c2ccccc2)C(O)C1=S. The van der Waals surface area contributed by atoms with Gasteiger partial charge < -0.3 is 10.8 Å². The average molecular weight is 207 g/mol. The fourth-order valence-corrected chi connectivity index (χ4v) is 1.38. The molecule has 0 saturated carbocycles. The third-order valence-electron chi connectivity index (χ3n) is 1.95. The van der Waals surface area contributed by atoms with E-state index in [1.54, 1.807) is 0 Å². The first-order valence-electron chi connectivity index (χ1n) is 4.11. The Morgan fingerprint density at radius 1 is 1.36 bits per heavy atom. The summed E-state index contributed by atoms with van der Waals surface area (Å²) in [5.74, 6) is 0.205. The first kappa shape index (κ1) is 9.11. The second-order valence-electron chi connectivity index (χ2n) is 2.90. The summed E-state index contributed by atoms with van der Waals surface area (Å²) in [6, 6.07) is 9.25. The molecule has 0 aliphatic carbocycles.